The van der Waals surface area contributed by atoms with Crippen molar-refractivity contribution in [2.75, 3.05) is 5.75 Å². The van der Waals surface area contributed by atoms with Gasteiger partial charge in [-0.1, -0.05) is 30.0 Å². The lowest BCUT2D eigenvalue weighted by Crippen LogP contribution is -2.05. The molecule has 6 heteroatoms. The predicted octanol–water partition coefficient (Wildman–Crippen LogP) is 4.33. The molecule has 5 nitrogen and oxygen atoms in total. The van der Waals surface area contributed by atoms with E-state index in [4.69, 9.17) is 4.42 Å². The second-order valence-corrected chi connectivity index (χ2v) is 7.27. The van der Waals surface area contributed by atoms with Crippen LogP contribution in [0, 0.1) is 13.8 Å². The Morgan fingerprint density at radius 1 is 1.24 bits per heavy atom. The molecule has 1 aromatic carbocycles. The first-order valence-electron chi connectivity index (χ1n) is 8.37. The van der Waals surface area contributed by atoms with E-state index >= 15 is 0 Å². The molecule has 0 spiro atoms. The van der Waals surface area contributed by atoms with Crippen molar-refractivity contribution < 1.29 is 9.21 Å². The summed E-state index contributed by atoms with van der Waals surface area (Å²) in [7, 11) is 0. The smallest absolute Gasteiger partial charge is 0.277 e. The summed E-state index contributed by atoms with van der Waals surface area (Å²) < 4.78 is 7.71. The summed E-state index contributed by atoms with van der Waals surface area (Å²) in [4.78, 5) is 12.7. The quantitative estimate of drug-likeness (QED) is 0.487. The molecule has 0 N–H and O–H groups in total. The minimum absolute atomic E-state index is 0.0754. The summed E-state index contributed by atoms with van der Waals surface area (Å²) in [5, 5.41) is 8.55. The second-order valence-electron chi connectivity index (χ2n) is 6.35. The molecule has 2 aromatic heterocycles. The first-order chi connectivity index (χ1) is 12.1. The molecular weight excluding hydrogens is 334 g/mol. The van der Waals surface area contributed by atoms with Crippen molar-refractivity contribution in [3.05, 3.63) is 59.2 Å². The van der Waals surface area contributed by atoms with E-state index in [9.17, 15) is 4.79 Å². The fraction of sp³-hybridized carbons (Fsp3) is 0.316. The molecule has 1 aliphatic rings. The molecule has 0 radical (unpaired) electrons. The summed E-state index contributed by atoms with van der Waals surface area (Å²) in [6.45, 7) is 4.00. The predicted molar refractivity (Wildman–Crippen MR) is 96.6 cm³/mol. The summed E-state index contributed by atoms with van der Waals surface area (Å²) in [6.07, 6.45) is 2.24. The highest BCUT2D eigenvalue weighted by molar-refractivity contribution is 7.99. The van der Waals surface area contributed by atoms with Gasteiger partial charge in [0.05, 0.1) is 5.75 Å². The average molecular weight is 353 g/mol. The Bertz CT molecular complexity index is 910. The number of aromatic nitrogens is 3. The van der Waals surface area contributed by atoms with Crippen LogP contribution in [-0.2, 0) is 0 Å². The van der Waals surface area contributed by atoms with E-state index in [-0.39, 0.29) is 5.78 Å². The van der Waals surface area contributed by atoms with Crippen molar-refractivity contribution in [2.24, 2.45) is 0 Å². The number of Topliss-reactive ketones (excluding diaryl/α,β-unsaturated/α-hetero) is 1. The molecule has 3 aromatic rings. The largest absolute Gasteiger partial charge is 0.416 e. The lowest BCUT2D eigenvalue weighted by Gasteiger charge is -2.09. The van der Waals surface area contributed by atoms with Gasteiger partial charge in [-0.25, -0.2) is 0 Å². The molecule has 25 heavy (non-hydrogen) atoms. The number of hydrogen-bond acceptors (Lipinski definition) is 5. The zero-order valence-electron chi connectivity index (χ0n) is 14.2. The van der Waals surface area contributed by atoms with Gasteiger partial charge < -0.3 is 8.98 Å². The minimum atomic E-state index is 0.0754. The van der Waals surface area contributed by atoms with Crippen molar-refractivity contribution in [3.63, 3.8) is 0 Å². The maximum atomic E-state index is 12.7. The van der Waals surface area contributed by atoms with Gasteiger partial charge in [-0.05, 0) is 44.9 Å². The van der Waals surface area contributed by atoms with Crippen LogP contribution in [0.5, 0.6) is 0 Å². The zero-order chi connectivity index (χ0) is 17.4. The second kappa shape index (κ2) is 6.52. The van der Waals surface area contributed by atoms with Gasteiger partial charge in [-0.15, -0.1) is 10.2 Å². The molecule has 128 valence electrons. The van der Waals surface area contributed by atoms with Crippen LogP contribution in [0.2, 0.25) is 0 Å². The fourth-order valence-corrected chi connectivity index (χ4v) is 3.65. The average Bonchev–Trinajstić information content (AvgIpc) is 3.29. The Balaban J connectivity index is 1.50. The molecule has 2 heterocycles. The number of hydrogen-bond donors (Lipinski definition) is 0. The molecule has 0 amide bonds. The van der Waals surface area contributed by atoms with Crippen LogP contribution < -0.4 is 0 Å². The monoisotopic (exact) mass is 353 g/mol. The summed E-state index contributed by atoms with van der Waals surface area (Å²) >= 11 is 1.31. The lowest BCUT2D eigenvalue weighted by atomic mass is 10.2. The van der Waals surface area contributed by atoms with Gasteiger partial charge in [0, 0.05) is 28.6 Å². The highest BCUT2D eigenvalue weighted by Gasteiger charge is 2.29. The summed E-state index contributed by atoms with van der Waals surface area (Å²) in [5.41, 5.74) is 3.82. The van der Waals surface area contributed by atoms with Crippen LogP contribution in [0.4, 0.5) is 0 Å². The standard InChI is InChI=1S/C19H19N3O2S/c1-12-10-16(13(2)22(12)15-6-4-3-5-7-15)17(23)11-25-19-21-20-18(24-19)14-8-9-14/h3-7,10,14H,8-9,11H2,1-2H3. The summed E-state index contributed by atoms with van der Waals surface area (Å²) in [6, 6.07) is 12.0. The number of benzene rings is 1. The van der Waals surface area contributed by atoms with E-state index in [2.05, 4.69) is 14.8 Å². The van der Waals surface area contributed by atoms with Crippen molar-refractivity contribution in [3.8, 4) is 5.69 Å². The number of aryl methyl sites for hydroxylation is 1. The Morgan fingerprint density at radius 3 is 2.72 bits per heavy atom. The first-order valence-corrected chi connectivity index (χ1v) is 9.36. The molecule has 4 rings (SSSR count). The lowest BCUT2D eigenvalue weighted by molar-refractivity contribution is 0.102. The van der Waals surface area contributed by atoms with Gasteiger partial charge in [0.15, 0.2) is 5.78 Å². The minimum Gasteiger partial charge on any atom is -0.416 e. The van der Waals surface area contributed by atoms with Crippen LogP contribution in [-0.4, -0.2) is 26.3 Å². The van der Waals surface area contributed by atoms with E-state index < -0.39 is 0 Å². The molecule has 0 unspecified atom stereocenters. The van der Waals surface area contributed by atoms with Crippen molar-refractivity contribution in [1.82, 2.24) is 14.8 Å². The van der Waals surface area contributed by atoms with Crippen LogP contribution >= 0.6 is 11.8 Å². The number of ketones is 1. The third kappa shape index (κ3) is 3.26. The third-order valence-corrected chi connectivity index (χ3v) is 5.24. The van der Waals surface area contributed by atoms with E-state index in [1.54, 1.807) is 0 Å². The number of carbonyl (C=O) groups is 1. The van der Waals surface area contributed by atoms with Crippen molar-refractivity contribution in [1.29, 1.82) is 0 Å². The van der Waals surface area contributed by atoms with Gasteiger partial charge in [0.25, 0.3) is 5.22 Å². The maximum absolute atomic E-state index is 12.7. The van der Waals surface area contributed by atoms with Gasteiger partial charge in [0.2, 0.25) is 5.89 Å². The number of thioether (sulfide) groups is 1. The summed E-state index contributed by atoms with van der Waals surface area (Å²) in [5.74, 6) is 1.51. The number of nitrogens with zero attached hydrogens (tertiary/aromatic N) is 3. The van der Waals surface area contributed by atoms with Gasteiger partial charge in [-0.3, -0.25) is 4.79 Å². The van der Waals surface area contributed by atoms with Crippen LogP contribution in [0.15, 0.2) is 46.0 Å². The molecule has 0 atom stereocenters. The SMILES string of the molecule is Cc1cc(C(=O)CSc2nnc(C3CC3)o2)c(C)n1-c1ccccc1. The number of carbonyl (C=O) groups excluding carboxylic acids is 1. The Kier molecular flexibility index (Phi) is 4.21. The Morgan fingerprint density at radius 2 is 2.00 bits per heavy atom. The van der Waals surface area contributed by atoms with E-state index in [1.807, 2.05) is 50.2 Å². The van der Waals surface area contributed by atoms with Crippen molar-refractivity contribution in [2.45, 2.75) is 37.8 Å². The normalized spacial score (nSPS) is 14.0. The topological polar surface area (TPSA) is 60.9 Å². The highest BCUT2D eigenvalue weighted by Crippen LogP contribution is 2.39. The van der Waals surface area contributed by atoms with E-state index in [0.717, 1.165) is 35.5 Å². The molecule has 0 saturated heterocycles. The number of rotatable bonds is 6. The highest BCUT2D eigenvalue weighted by atomic mass is 32.2. The van der Waals surface area contributed by atoms with E-state index in [0.29, 0.717) is 22.8 Å². The maximum Gasteiger partial charge on any atom is 0.277 e. The Hall–Kier alpha value is -2.34. The van der Waals surface area contributed by atoms with E-state index in [1.165, 1.54) is 11.8 Å². The van der Waals surface area contributed by atoms with Crippen LogP contribution in [0.1, 0.15) is 46.4 Å². The van der Waals surface area contributed by atoms with Crippen LogP contribution in [0.3, 0.4) is 0 Å². The molecule has 0 bridgehead atoms. The van der Waals surface area contributed by atoms with Crippen LogP contribution in [0.25, 0.3) is 5.69 Å². The first kappa shape index (κ1) is 16.1. The van der Waals surface area contributed by atoms with Crippen molar-refractivity contribution >= 4 is 17.5 Å². The third-order valence-electron chi connectivity index (χ3n) is 4.42. The van der Waals surface area contributed by atoms with Gasteiger partial charge in [0.1, 0.15) is 0 Å². The zero-order valence-corrected chi connectivity index (χ0v) is 15.0. The van der Waals surface area contributed by atoms with Gasteiger partial charge >= 0.3 is 0 Å². The Labute approximate surface area is 150 Å². The molecular formula is C19H19N3O2S. The molecule has 0 aliphatic heterocycles. The number of para-hydroxylation sites is 1. The fourth-order valence-electron chi connectivity index (χ4n) is 3.00. The van der Waals surface area contributed by atoms with Gasteiger partial charge in [-0.2, -0.15) is 0 Å². The molecule has 1 fully saturated rings. The molecule has 1 aliphatic carbocycles. The molecule has 1 saturated carbocycles.